The molecule has 1 unspecified atom stereocenters. The Labute approximate surface area is 96.2 Å². The van der Waals surface area contributed by atoms with E-state index in [1.807, 2.05) is 0 Å². The van der Waals surface area contributed by atoms with Gasteiger partial charge >= 0.3 is 0 Å². The smallest absolute Gasteiger partial charge is 0.232 e. The molecule has 1 heterocycles. The highest BCUT2D eigenvalue weighted by Gasteiger charge is 2.34. The van der Waals surface area contributed by atoms with E-state index in [-0.39, 0.29) is 12.6 Å². The van der Waals surface area contributed by atoms with Gasteiger partial charge in [-0.2, -0.15) is 4.31 Å². The zero-order valence-electron chi connectivity index (χ0n) is 9.64. The second-order valence-corrected chi connectivity index (χ2v) is 6.69. The number of nitrogens with one attached hydrogen (secondary N) is 1. The lowest BCUT2D eigenvalue weighted by atomic mass is 10.2. The van der Waals surface area contributed by atoms with Gasteiger partial charge in [0.2, 0.25) is 15.9 Å². The van der Waals surface area contributed by atoms with Crippen LogP contribution in [0.1, 0.15) is 20.3 Å². The summed E-state index contributed by atoms with van der Waals surface area (Å²) in [5.74, 6) is -0.615. The molecule has 0 spiro atoms. The fourth-order valence-electron chi connectivity index (χ4n) is 1.74. The van der Waals surface area contributed by atoms with E-state index in [1.165, 1.54) is 4.31 Å². The number of carbonyl (C=O) groups excluding carboxylic acids is 1. The Morgan fingerprint density at radius 1 is 1.56 bits per heavy atom. The maximum atomic E-state index is 12.0. The van der Waals surface area contributed by atoms with Crippen LogP contribution in [0.4, 0.5) is 0 Å². The second-order valence-electron chi connectivity index (χ2n) is 4.25. The predicted molar refractivity (Wildman–Crippen MR) is 61.2 cm³/mol. The van der Waals surface area contributed by atoms with Gasteiger partial charge in [0.05, 0.1) is 11.8 Å². The third kappa shape index (κ3) is 2.93. The highest BCUT2D eigenvalue weighted by Crippen LogP contribution is 2.16. The van der Waals surface area contributed by atoms with Crippen LogP contribution in [0.2, 0.25) is 0 Å². The maximum absolute atomic E-state index is 12.0. The highest BCUT2D eigenvalue weighted by molar-refractivity contribution is 7.89. The number of hydrogen-bond acceptors (Lipinski definition) is 4. The van der Waals surface area contributed by atoms with Crippen LogP contribution in [-0.2, 0) is 14.8 Å². The van der Waals surface area contributed by atoms with Gasteiger partial charge in [0.25, 0.3) is 0 Å². The van der Waals surface area contributed by atoms with Crippen LogP contribution in [0.25, 0.3) is 0 Å². The summed E-state index contributed by atoms with van der Waals surface area (Å²) in [5.41, 5.74) is 5.09. The van der Waals surface area contributed by atoms with Crippen molar-refractivity contribution >= 4 is 15.9 Å². The highest BCUT2D eigenvalue weighted by atomic mass is 32.2. The van der Waals surface area contributed by atoms with Crippen molar-refractivity contribution in [3.63, 3.8) is 0 Å². The van der Waals surface area contributed by atoms with Gasteiger partial charge in [0.1, 0.15) is 0 Å². The van der Waals surface area contributed by atoms with Crippen LogP contribution in [0, 0.1) is 0 Å². The van der Waals surface area contributed by atoms with Crippen LogP contribution < -0.4 is 11.1 Å². The molecule has 0 aromatic rings. The maximum Gasteiger partial charge on any atom is 0.232 e. The molecule has 16 heavy (non-hydrogen) atoms. The summed E-state index contributed by atoms with van der Waals surface area (Å²) >= 11 is 0. The minimum Gasteiger partial charge on any atom is -0.369 e. The molecular formula is C9H19N3O3S. The van der Waals surface area contributed by atoms with Crippen LogP contribution >= 0.6 is 0 Å². The van der Waals surface area contributed by atoms with Crippen LogP contribution in [0.3, 0.4) is 0 Å². The minimum atomic E-state index is -3.42. The molecule has 7 heteroatoms. The molecule has 0 bridgehead atoms. The van der Waals surface area contributed by atoms with Gasteiger partial charge in [-0.3, -0.25) is 4.79 Å². The Morgan fingerprint density at radius 2 is 2.19 bits per heavy atom. The molecule has 1 fully saturated rings. The minimum absolute atomic E-state index is 0.153. The average molecular weight is 249 g/mol. The van der Waals surface area contributed by atoms with E-state index in [1.54, 1.807) is 13.8 Å². The first kappa shape index (κ1) is 13.4. The number of rotatable bonds is 5. The fourth-order valence-corrected chi connectivity index (χ4v) is 3.18. The van der Waals surface area contributed by atoms with Gasteiger partial charge in [0, 0.05) is 12.6 Å². The first-order valence-electron chi connectivity index (χ1n) is 5.35. The van der Waals surface area contributed by atoms with Gasteiger partial charge in [-0.1, -0.05) is 0 Å². The first-order chi connectivity index (χ1) is 7.35. The van der Waals surface area contributed by atoms with Crippen molar-refractivity contribution < 1.29 is 13.2 Å². The molecule has 1 saturated heterocycles. The molecule has 1 atom stereocenters. The second kappa shape index (κ2) is 5.11. The third-order valence-corrected chi connectivity index (χ3v) is 4.95. The largest absolute Gasteiger partial charge is 0.369 e. The number of nitrogens with zero attached hydrogens (tertiary/aromatic N) is 1. The molecule has 0 radical (unpaired) electrons. The molecule has 1 aliphatic rings. The molecule has 6 nitrogen and oxygen atoms in total. The van der Waals surface area contributed by atoms with E-state index in [2.05, 4.69) is 5.32 Å². The number of amides is 1. The van der Waals surface area contributed by atoms with Crippen molar-refractivity contribution in [2.24, 2.45) is 5.73 Å². The van der Waals surface area contributed by atoms with Gasteiger partial charge in [-0.05, 0) is 26.8 Å². The van der Waals surface area contributed by atoms with Crippen molar-refractivity contribution in [2.75, 3.05) is 19.6 Å². The zero-order valence-corrected chi connectivity index (χ0v) is 10.5. The molecule has 1 rings (SSSR count). The Morgan fingerprint density at radius 3 is 2.56 bits per heavy atom. The van der Waals surface area contributed by atoms with Gasteiger partial charge in [0.15, 0.2) is 0 Å². The van der Waals surface area contributed by atoms with Crippen molar-refractivity contribution in [1.29, 1.82) is 0 Å². The number of sulfonamides is 1. The van der Waals surface area contributed by atoms with E-state index in [0.29, 0.717) is 6.54 Å². The van der Waals surface area contributed by atoms with Gasteiger partial charge < -0.3 is 11.1 Å². The van der Waals surface area contributed by atoms with Crippen LogP contribution in [-0.4, -0.2) is 49.6 Å². The first-order valence-corrected chi connectivity index (χ1v) is 6.85. The zero-order chi connectivity index (χ0) is 12.3. The molecule has 0 aromatic heterocycles. The summed E-state index contributed by atoms with van der Waals surface area (Å²) in [4.78, 5) is 10.9. The number of carbonyl (C=O) groups is 1. The molecule has 1 amide bonds. The van der Waals surface area contributed by atoms with Crippen molar-refractivity contribution in [3.05, 3.63) is 0 Å². The third-order valence-electron chi connectivity index (χ3n) is 2.68. The molecule has 0 aromatic carbocycles. The van der Waals surface area contributed by atoms with Crippen LogP contribution in [0.15, 0.2) is 0 Å². The van der Waals surface area contributed by atoms with Crippen molar-refractivity contribution in [2.45, 2.75) is 31.6 Å². The molecule has 94 valence electrons. The Kier molecular flexibility index (Phi) is 4.28. The lowest BCUT2D eigenvalue weighted by molar-refractivity contribution is -0.118. The lowest BCUT2D eigenvalue weighted by Crippen LogP contribution is -2.48. The number of primary amides is 1. The standard InChI is InChI=1S/C9H19N3O3S/c1-7(2)16(14,15)12(6-9(10)13)8-3-4-11-5-8/h7-8,11H,3-6H2,1-2H3,(H2,10,13). The SMILES string of the molecule is CC(C)S(=O)(=O)N(CC(N)=O)C1CCNC1. The van der Waals surface area contributed by atoms with E-state index in [9.17, 15) is 13.2 Å². The normalized spacial score (nSPS) is 21.9. The summed E-state index contributed by atoms with van der Waals surface area (Å²) in [6.07, 6.45) is 0.721. The number of nitrogens with two attached hydrogens (primary N) is 1. The summed E-state index contributed by atoms with van der Waals surface area (Å²) in [6, 6.07) is -0.153. The fraction of sp³-hybridized carbons (Fsp3) is 0.889. The Bertz CT molecular complexity index is 347. The molecule has 0 saturated carbocycles. The van der Waals surface area contributed by atoms with Crippen molar-refractivity contribution in [1.82, 2.24) is 9.62 Å². The van der Waals surface area contributed by atoms with Crippen LogP contribution in [0.5, 0.6) is 0 Å². The summed E-state index contributed by atoms with van der Waals surface area (Å²) in [5, 5.41) is 2.54. The molecular weight excluding hydrogens is 230 g/mol. The van der Waals surface area contributed by atoms with Gasteiger partial charge in [-0.15, -0.1) is 0 Å². The molecule has 3 N–H and O–H groups in total. The van der Waals surface area contributed by atoms with E-state index >= 15 is 0 Å². The summed E-state index contributed by atoms with van der Waals surface area (Å²) in [6.45, 7) is 4.33. The van der Waals surface area contributed by atoms with E-state index in [0.717, 1.165) is 13.0 Å². The molecule has 0 aliphatic carbocycles. The van der Waals surface area contributed by atoms with Crippen molar-refractivity contribution in [3.8, 4) is 0 Å². The lowest BCUT2D eigenvalue weighted by Gasteiger charge is -2.28. The average Bonchev–Trinajstić information content (AvgIpc) is 2.65. The quantitative estimate of drug-likeness (QED) is 0.645. The Balaban J connectivity index is 2.90. The topological polar surface area (TPSA) is 92.5 Å². The molecule has 1 aliphatic heterocycles. The summed E-state index contributed by atoms with van der Waals surface area (Å²) in [7, 11) is -3.42. The van der Waals surface area contributed by atoms with Gasteiger partial charge in [-0.25, -0.2) is 8.42 Å². The summed E-state index contributed by atoms with van der Waals surface area (Å²) < 4.78 is 25.3. The monoisotopic (exact) mass is 249 g/mol. The predicted octanol–water partition coefficient (Wildman–Crippen LogP) is -1.13. The van der Waals surface area contributed by atoms with E-state index < -0.39 is 21.2 Å². The Hall–Kier alpha value is -0.660. The van der Waals surface area contributed by atoms with E-state index in [4.69, 9.17) is 5.73 Å². The number of hydrogen-bond donors (Lipinski definition) is 2.